The molecular formula is C8H11N5O. The number of amidine groups is 1. The van der Waals surface area contributed by atoms with Gasteiger partial charge in [0.1, 0.15) is 5.82 Å². The van der Waals surface area contributed by atoms with Gasteiger partial charge in [-0.05, 0) is 17.7 Å². The van der Waals surface area contributed by atoms with Gasteiger partial charge in [0, 0.05) is 12.7 Å². The number of nitrogen functional groups attached to an aromatic ring is 1. The van der Waals surface area contributed by atoms with Gasteiger partial charge in [-0.1, -0.05) is 0 Å². The van der Waals surface area contributed by atoms with Crippen molar-refractivity contribution in [2.75, 3.05) is 5.73 Å². The molecular weight excluding hydrogens is 182 g/mol. The van der Waals surface area contributed by atoms with Crippen molar-refractivity contribution < 1.29 is 4.79 Å². The topological polar surface area (TPSA) is 118 Å². The molecule has 6 heteroatoms. The molecule has 0 fully saturated rings. The molecule has 6 nitrogen and oxygen atoms in total. The number of hydrogen-bond donors (Lipinski definition) is 4. The minimum absolute atomic E-state index is 0.283. The van der Waals surface area contributed by atoms with E-state index in [0.717, 1.165) is 5.56 Å². The van der Waals surface area contributed by atoms with Gasteiger partial charge in [0.05, 0.1) is 0 Å². The minimum Gasteiger partial charge on any atom is -0.384 e. The average Bonchev–Trinajstić information content (AvgIpc) is 2.14. The van der Waals surface area contributed by atoms with Crippen LogP contribution in [0.15, 0.2) is 18.3 Å². The molecule has 0 unspecified atom stereocenters. The number of rotatable bonds is 2. The molecule has 1 aromatic heterocycles. The van der Waals surface area contributed by atoms with Gasteiger partial charge in [0.15, 0.2) is 5.84 Å². The summed E-state index contributed by atoms with van der Waals surface area (Å²) in [6.07, 6.45) is 1.55. The van der Waals surface area contributed by atoms with Crippen LogP contribution in [0.1, 0.15) is 5.56 Å². The van der Waals surface area contributed by atoms with Crippen LogP contribution in [0.4, 0.5) is 5.82 Å². The first-order valence-electron chi connectivity index (χ1n) is 3.92. The van der Waals surface area contributed by atoms with E-state index in [0.29, 0.717) is 5.82 Å². The third-order valence-electron chi connectivity index (χ3n) is 1.54. The van der Waals surface area contributed by atoms with Crippen molar-refractivity contribution in [1.82, 2.24) is 10.3 Å². The highest BCUT2D eigenvalue weighted by molar-refractivity contribution is 6.35. The van der Waals surface area contributed by atoms with Crippen molar-refractivity contribution in [3.63, 3.8) is 0 Å². The SMILES string of the molecule is N=C(N)C(=O)NCc1ccnc(N)c1. The Balaban J connectivity index is 2.54. The zero-order chi connectivity index (χ0) is 10.6. The molecule has 0 spiro atoms. The fourth-order valence-electron chi connectivity index (χ4n) is 0.882. The van der Waals surface area contributed by atoms with E-state index in [9.17, 15) is 4.79 Å². The van der Waals surface area contributed by atoms with Crippen molar-refractivity contribution in [1.29, 1.82) is 5.41 Å². The van der Waals surface area contributed by atoms with Crippen LogP contribution in [-0.2, 0) is 11.3 Å². The van der Waals surface area contributed by atoms with Crippen LogP contribution in [0.25, 0.3) is 0 Å². The van der Waals surface area contributed by atoms with E-state index in [2.05, 4.69) is 10.3 Å². The lowest BCUT2D eigenvalue weighted by Crippen LogP contribution is -2.35. The van der Waals surface area contributed by atoms with E-state index >= 15 is 0 Å². The Labute approximate surface area is 80.8 Å². The molecule has 6 N–H and O–H groups in total. The maximum atomic E-state index is 10.9. The summed E-state index contributed by atoms with van der Waals surface area (Å²) in [6, 6.07) is 3.36. The molecule has 0 saturated carbocycles. The molecule has 1 heterocycles. The van der Waals surface area contributed by atoms with Crippen LogP contribution >= 0.6 is 0 Å². The molecule has 0 aliphatic heterocycles. The quantitative estimate of drug-likeness (QED) is 0.364. The number of nitrogens with two attached hydrogens (primary N) is 2. The molecule has 0 aliphatic rings. The summed E-state index contributed by atoms with van der Waals surface area (Å²) in [5.74, 6) is -0.716. The maximum absolute atomic E-state index is 10.9. The average molecular weight is 193 g/mol. The number of carbonyl (C=O) groups excluding carboxylic acids is 1. The van der Waals surface area contributed by atoms with E-state index in [-0.39, 0.29) is 6.54 Å². The van der Waals surface area contributed by atoms with Gasteiger partial charge in [-0.15, -0.1) is 0 Å². The Morgan fingerprint density at radius 1 is 1.64 bits per heavy atom. The summed E-state index contributed by atoms with van der Waals surface area (Å²) in [7, 11) is 0. The first kappa shape index (κ1) is 9.97. The second-order valence-electron chi connectivity index (χ2n) is 2.69. The molecule has 1 rings (SSSR count). The lowest BCUT2D eigenvalue weighted by molar-refractivity contribution is -0.115. The van der Waals surface area contributed by atoms with E-state index in [1.54, 1.807) is 18.3 Å². The van der Waals surface area contributed by atoms with Crippen molar-refractivity contribution in [3.05, 3.63) is 23.9 Å². The first-order valence-corrected chi connectivity index (χ1v) is 3.92. The van der Waals surface area contributed by atoms with Gasteiger partial charge in [0.2, 0.25) is 0 Å². The molecule has 1 aromatic rings. The van der Waals surface area contributed by atoms with Crippen LogP contribution in [0.2, 0.25) is 0 Å². The molecule has 0 aliphatic carbocycles. The van der Waals surface area contributed by atoms with Crippen LogP contribution in [-0.4, -0.2) is 16.7 Å². The molecule has 0 atom stereocenters. The normalized spacial score (nSPS) is 9.43. The fraction of sp³-hybridized carbons (Fsp3) is 0.125. The predicted octanol–water partition coefficient (Wildman–Crippen LogP) is -0.784. The highest BCUT2D eigenvalue weighted by Gasteiger charge is 2.03. The van der Waals surface area contributed by atoms with Gasteiger partial charge in [0.25, 0.3) is 5.91 Å². The maximum Gasteiger partial charge on any atom is 0.286 e. The first-order chi connectivity index (χ1) is 6.59. The molecule has 1 amide bonds. The number of nitrogens with one attached hydrogen (secondary N) is 2. The number of hydrogen-bond acceptors (Lipinski definition) is 4. The van der Waals surface area contributed by atoms with Crippen LogP contribution in [0.3, 0.4) is 0 Å². The van der Waals surface area contributed by atoms with Crippen molar-refractivity contribution in [3.8, 4) is 0 Å². The third-order valence-corrected chi connectivity index (χ3v) is 1.54. The van der Waals surface area contributed by atoms with Crippen molar-refractivity contribution in [2.45, 2.75) is 6.54 Å². The van der Waals surface area contributed by atoms with E-state index in [1.165, 1.54) is 0 Å². The van der Waals surface area contributed by atoms with E-state index < -0.39 is 11.7 Å². The second-order valence-corrected chi connectivity index (χ2v) is 2.69. The summed E-state index contributed by atoms with van der Waals surface area (Å²) in [6.45, 7) is 0.283. The fourth-order valence-corrected chi connectivity index (χ4v) is 0.882. The Hall–Kier alpha value is -2.11. The number of nitrogens with zero attached hydrogens (tertiary/aromatic N) is 1. The molecule has 0 bridgehead atoms. The Morgan fingerprint density at radius 3 is 2.93 bits per heavy atom. The van der Waals surface area contributed by atoms with Crippen molar-refractivity contribution >= 4 is 17.6 Å². The smallest absolute Gasteiger partial charge is 0.286 e. The van der Waals surface area contributed by atoms with E-state index in [1.807, 2.05) is 0 Å². The Morgan fingerprint density at radius 2 is 2.36 bits per heavy atom. The monoisotopic (exact) mass is 193 g/mol. The Kier molecular flexibility index (Phi) is 3.01. The highest BCUT2D eigenvalue weighted by Crippen LogP contribution is 2.01. The van der Waals surface area contributed by atoms with Gasteiger partial charge in [-0.3, -0.25) is 10.2 Å². The largest absolute Gasteiger partial charge is 0.384 e. The van der Waals surface area contributed by atoms with Gasteiger partial charge >= 0.3 is 0 Å². The summed E-state index contributed by atoms with van der Waals surface area (Å²) in [4.78, 5) is 14.7. The molecule has 0 saturated heterocycles. The molecule has 14 heavy (non-hydrogen) atoms. The number of pyridine rings is 1. The summed E-state index contributed by atoms with van der Waals surface area (Å²) in [5.41, 5.74) is 11.2. The van der Waals surface area contributed by atoms with Crippen molar-refractivity contribution in [2.24, 2.45) is 5.73 Å². The number of aromatic nitrogens is 1. The third kappa shape index (κ3) is 2.74. The summed E-state index contributed by atoms with van der Waals surface area (Å²) >= 11 is 0. The zero-order valence-corrected chi connectivity index (χ0v) is 7.45. The predicted molar refractivity (Wildman–Crippen MR) is 52.4 cm³/mol. The number of amides is 1. The molecule has 74 valence electrons. The van der Waals surface area contributed by atoms with Crippen LogP contribution in [0.5, 0.6) is 0 Å². The van der Waals surface area contributed by atoms with Gasteiger partial charge in [-0.2, -0.15) is 0 Å². The number of carbonyl (C=O) groups is 1. The minimum atomic E-state index is -0.597. The van der Waals surface area contributed by atoms with Crippen LogP contribution in [0, 0.1) is 5.41 Å². The standard InChI is InChI=1S/C8H11N5O/c9-6-3-5(1-2-12-6)4-13-8(14)7(10)11/h1-3H,4H2,(H2,9,12)(H3,10,11)(H,13,14). The zero-order valence-electron chi connectivity index (χ0n) is 7.45. The lowest BCUT2D eigenvalue weighted by Gasteiger charge is -2.03. The van der Waals surface area contributed by atoms with Gasteiger partial charge in [-0.25, -0.2) is 4.98 Å². The van der Waals surface area contributed by atoms with Crippen LogP contribution < -0.4 is 16.8 Å². The highest BCUT2D eigenvalue weighted by atomic mass is 16.2. The second kappa shape index (κ2) is 4.22. The Bertz CT molecular complexity index is 363. The summed E-state index contributed by atoms with van der Waals surface area (Å²) in [5, 5.41) is 9.29. The van der Waals surface area contributed by atoms with E-state index in [4.69, 9.17) is 16.9 Å². The van der Waals surface area contributed by atoms with Gasteiger partial charge < -0.3 is 16.8 Å². The molecule has 0 aromatic carbocycles. The molecule has 0 radical (unpaired) electrons. The summed E-state index contributed by atoms with van der Waals surface area (Å²) < 4.78 is 0. The number of anilines is 1. The lowest BCUT2D eigenvalue weighted by atomic mass is 10.2.